The Morgan fingerprint density at radius 3 is 2.05 bits per heavy atom. The van der Waals surface area contributed by atoms with Crippen LogP contribution in [-0.2, 0) is 5.41 Å². The molecule has 1 aliphatic carbocycles. The normalized spacial score (nSPS) is 13.2. The first-order valence-corrected chi connectivity index (χ1v) is 13.1. The summed E-state index contributed by atoms with van der Waals surface area (Å²) < 4.78 is 0. The zero-order valence-electron chi connectivity index (χ0n) is 21.6. The van der Waals surface area contributed by atoms with Gasteiger partial charge < -0.3 is 0 Å². The lowest BCUT2D eigenvalue weighted by molar-refractivity contribution is 0.660. The molecule has 0 unspecified atom stereocenters. The second-order valence-electron chi connectivity index (χ2n) is 10.5. The van der Waals surface area contributed by atoms with Crippen LogP contribution in [-0.4, -0.2) is 4.98 Å². The van der Waals surface area contributed by atoms with Crippen molar-refractivity contribution in [2.24, 2.45) is 0 Å². The minimum Gasteiger partial charge on any atom is -0.295 e. The lowest BCUT2D eigenvalue weighted by atomic mass is 9.82. The highest BCUT2D eigenvalue weighted by atomic mass is 15.2. The predicted molar refractivity (Wildman–Crippen MR) is 159 cm³/mol. The van der Waals surface area contributed by atoms with E-state index in [4.69, 9.17) is 4.98 Å². The van der Waals surface area contributed by atoms with E-state index in [0.717, 1.165) is 22.6 Å². The largest absolute Gasteiger partial charge is 0.295 e. The first-order chi connectivity index (χ1) is 18.6. The van der Waals surface area contributed by atoms with Gasteiger partial charge in [0.15, 0.2) is 0 Å². The molecule has 0 saturated carbocycles. The lowest BCUT2D eigenvalue weighted by Gasteiger charge is -2.28. The number of rotatable bonds is 4. The number of pyridine rings is 1. The highest BCUT2D eigenvalue weighted by Crippen LogP contribution is 2.50. The van der Waals surface area contributed by atoms with Gasteiger partial charge in [-0.3, -0.25) is 4.90 Å². The fourth-order valence-corrected chi connectivity index (χ4v) is 5.94. The summed E-state index contributed by atoms with van der Waals surface area (Å²) in [7, 11) is 0. The summed E-state index contributed by atoms with van der Waals surface area (Å²) in [6, 6.07) is 45.6. The maximum Gasteiger partial charge on any atom is 0.145 e. The molecule has 0 N–H and O–H groups in total. The van der Waals surface area contributed by atoms with Crippen molar-refractivity contribution < 1.29 is 0 Å². The summed E-state index contributed by atoms with van der Waals surface area (Å²) in [5.74, 6) is 0.934. The molecule has 182 valence electrons. The van der Waals surface area contributed by atoms with E-state index in [1.807, 2.05) is 6.20 Å². The summed E-state index contributed by atoms with van der Waals surface area (Å²) in [4.78, 5) is 7.24. The third kappa shape index (κ3) is 3.53. The Kier molecular flexibility index (Phi) is 5.16. The van der Waals surface area contributed by atoms with Gasteiger partial charge in [-0.2, -0.15) is 0 Å². The molecule has 0 fully saturated rings. The molecule has 7 rings (SSSR count). The zero-order chi connectivity index (χ0) is 25.7. The maximum atomic E-state index is 4.94. The molecule has 2 heteroatoms. The fraction of sp³-hybridized carbons (Fsp3) is 0.0833. The van der Waals surface area contributed by atoms with Crippen molar-refractivity contribution in [3.63, 3.8) is 0 Å². The number of hydrogen-bond acceptors (Lipinski definition) is 2. The summed E-state index contributed by atoms with van der Waals surface area (Å²) in [5, 5.41) is 2.31. The number of fused-ring (bicyclic) bond motifs is 4. The van der Waals surface area contributed by atoms with Crippen molar-refractivity contribution in [1.29, 1.82) is 0 Å². The van der Waals surface area contributed by atoms with E-state index in [1.165, 1.54) is 38.8 Å². The smallest absolute Gasteiger partial charge is 0.145 e. The van der Waals surface area contributed by atoms with Crippen molar-refractivity contribution in [1.82, 2.24) is 4.98 Å². The van der Waals surface area contributed by atoms with Crippen LogP contribution < -0.4 is 4.90 Å². The predicted octanol–water partition coefficient (Wildman–Crippen LogP) is 9.68. The van der Waals surface area contributed by atoms with E-state index in [0.29, 0.717) is 0 Å². The SMILES string of the molecule is CC1(C)c2ccccc2-c2ccc(N(c3ccc(-c4ccccc4)cc3)c3nccc4ccccc34)cc21. The van der Waals surface area contributed by atoms with Crippen LogP contribution in [0.25, 0.3) is 33.0 Å². The van der Waals surface area contributed by atoms with E-state index in [2.05, 4.69) is 146 Å². The van der Waals surface area contributed by atoms with Gasteiger partial charge in [-0.15, -0.1) is 0 Å². The summed E-state index contributed by atoms with van der Waals surface area (Å²) in [5.41, 5.74) is 9.92. The van der Waals surface area contributed by atoms with E-state index in [1.54, 1.807) is 0 Å². The summed E-state index contributed by atoms with van der Waals surface area (Å²) in [6.07, 6.45) is 1.91. The van der Waals surface area contributed by atoms with Gasteiger partial charge in [-0.05, 0) is 69.1 Å². The van der Waals surface area contributed by atoms with Gasteiger partial charge in [0, 0.05) is 28.4 Å². The molecule has 1 aromatic heterocycles. The number of nitrogens with zero attached hydrogens (tertiary/aromatic N) is 2. The Bertz CT molecular complexity index is 1780. The molecular formula is C36H28N2. The van der Waals surface area contributed by atoms with Crippen LogP contribution >= 0.6 is 0 Å². The molecule has 0 aliphatic heterocycles. The quantitative estimate of drug-likeness (QED) is 0.245. The van der Waals surface area contributed by atoms with Crippen molar-refractivity contribution >= 4 is 28.0 Å². The zero-order valence-corrected chi connectivity index (χ0v) is 21.6. The van der Waals surface area contributed by atoms with E-state index >= 15 is 0 Å². The van der Waals surface area contributed by atoms with E-state index < -0.39 is 0 Å². The van der Waals surface area contributed by atoms with Crippen LogP contribution in [0.5, 0.6) is 0 Å². The number of aromatic nitrogens is 1. The van der Waals surface area contributed by atoms with Gasteiger partial charge in [0.1, 0.15) is 5.82 Å². The monoisotopic (exact) mass is 488 g/mol. The van der Waals surface area contributed by atoms with Gasteiger partial charge >= 0.3 is 0 Å². The number of hydrogen-bond donors (Lipinski definition) is 0. The van der Waals surface area contributed by atoms with E-state index in [-0.39, 0.29) is 5.41 Å². The van der Waals surface area contributed by atoms with Crippen molar-refractivity contribution in [3.05, 3.63) is 145 Å². The molecule has 0 saturated heterocycles. The highest BCUT2D eigenvalue weighted by molar-refractivity contribution is 5.97. The molecule has 0 atom stereocenters. The average Bonchev–Trinajstić information content (AvgIpc) is 3.20. The minimum absolute atomic E-state index is 0.0725. The third-order valence-corrected chi connectivity index (χ3v) is 7.92. The molecule has 0 amide bonds. The summed E-state index contributed by atoms with van der Waals surface area (Å²) in [6.45, 7) is 4.66. The van der Waals surface area contributed by atoms with E-state index in [9.17, 15) is 0 Å². The van der Waals surface area contributed by atoms with Gasteiger partial charge in [0.25, 0.3) is 0 Å². The Labute approximate surface area is 223 Å². The van der Waals surface area contributed by atoms with Crippen LogP contribution in [0.3, 0.4) is 0 Å². The second kappa shape index (κ2) is 8.71. The van der Waals surface area contributed by atoms with Crippen LogP contribution in [0.4, 0.5) is 17.2 Å². The molecule has 1 heterocycles. The third-order valence-electron chi connectivity index (χ3n) is 7.92. The Hall–Kier alpha value is -4.69. The molecule has 6 aromatic rings. The maximum absolute atomic E-state index is 4.94. The van der Waals surface area contributed by atoms with Gasteiger partial charge in [-0.1, -0.05) is 111 Å². The second-order valence-corrected chi connectivity index (χ2v) is 10.5. The molecule has 1 aliphatic rings. The van der Waals surface area contributed by atoms with Gasteiger partial charge in [0.2, 0.25) is 0 Å². The lowest BCUT2D eigenvalue weighted by Crippen LogP contribution is -2.17. The topological polar surface area (TPSA) is 16.1 Å². The fourth-order valence-electron chi connectivity index (χ4n) is 5.94. The van der Waals surface area contributed by atoms with Gasteiger partial charge in [0.05, 0.1) is 0 Å². The molecule has 38 heavy (non-hydrogen) atoms. The first kappa shape index (κ1) is 22.5. The number of anilines is 3. The average molecular weight is 489 g/mol. The standard InChI is InChI=1S/C36H28N2/c1-36(2)33-15-9-8-14-31(33)32-21-20-29(24-34(32)36)38(35-30-13-7-6-12-27(30)22-23-37-35)28-18-16-26(17-19-28)25-10-4-3-5-11-25/h3-24H,1-2H3. The molecule has 0 radical (unpaired) electrons. The van der Waals surface area contributed by atoms with Crippen LogP contribution in [0.15, 0.2) is 134 Å². The minimum atomic E-state index is -0.0725. The number of benzene rings is 5. The Morgan fingerprint density at radius 2 is 1.21 bits per heavy atom. The molecule has 0 spiro atoms. The van der Waals surface area contributed by atoms with Crippen LogP contribution in [0, 0.1) is 0 Å². The van der Waals surface area contributed by atoms with Crippen LogP contribution in [0.1, 0.15) is 25.0 Å². The van der Waals surface area contributed by atoms with Gasteiger partial charge in [-0.25, -0.2) is 4.98 Å². The Morgan fingerprint density at radius 1 is 0.553 bits per heavy atom. The molecule has 2 nitrogen and oxygen atoms in total. The Balaban J connectivity index is 1.42. The van der Waals surface area contributed by atoms with Crippen LogP contribution in [0.2, 0.25) is 0 Å². The summed E-state index contributed by atoms with van der Waals surface area (Å²) >= 11 is 0. The molecule has 5 aromatic carbocycles. The van der Waals surface area contributed by atoms with Crippen molar-refractivity contribution in [2.75, 3.05) is 4.90 Å². The van der Waals surface area contributed by atoms with Crippen molar-refractivity contribution in [2.45, 2.75) is 19.3 Å². The first-order valence-electron chi connectivity index (χ1n) is 13.1. The van der Waals surface area contributed by atoms with Crippen molar-refractivity contribution in [3.8, 4) is 22.3 Å². The highest BCUT2D eigenvalue weighted by Gasteiger charge is 2.35. The molecular weight excluding hydrogens is 460 g/mol. The molecule has 0 bridgehead atoms.